The predicted molar refractivity (Wildman–Crippen MR) is 120 cm³/mol. The first kappa shape index (κ1) is 21.1. The number of nitrogens with two attached hydrogens (primary N) is 1. The Bertz CT molecular complexity index is 1260. The molecular formula is C22H24FN7O3. The number of ether oxygens (including phenoxy) is 1. The average molecular weight is 453 g/mol. The second-order valence-electron chi connectivity index (χ2n) is 8.40. The molecule has 0 saturated carbocycles. The number of fused-ring (bicyclic) bond motifs is 2. The molecule has 2 aromatic heterocycles. The first-order valence-corrected chi connectivity index (χ1v) is 10.7. The number of piperazine rings is 1. The summed E-state index contributed by atoms with van der Waals surface area (Å²) in [5.41, 5.74) is 7.56. The number of anilines is 3. The quantitative estimate of drug-likeness (QED) is 0.445. The summed E-state index contributed by atoms with van der Waals surface area (Å²) in [6, 6.07) is 5.18. The number of hydrogen-bond donors (Lipinski definition) is 2. The number of aryl methyl sites for hydroxylation is 1. The molecule has 2 aliphatic rings. The van der Waals surface area contributed by atoms with E-state index in [1.54, 1.807) is 30.2 Å². The molecule has 5 rings (SSSR count). The fourth-order valence-corrected chi connectivity index (χ4v) is 4.61. The van der Waals surface area contributed by atoms with Crippen LogP contribution in [0.15, 0.2) is 30.6 Å². The fraction of sp³-hybridized carbons (Fsp3) is 0.364. The van der Waals surface area contributed by atoms with Gasteiger partial charge in [0, 0.05) is 74.2 Å². The van der Waals surface area contributed by atoms with Gasteiger partial charge in [0.15, 0.2) is 6.23 Å². The Morgan fingerprint density at radius 1 is 1.30 bits per heavy atom. The lowest BCUT2D eigenvalue weighted by Crippen LogP contribution is -2.49. The number of nitrogens with zero attached hydrogens (tertiary/aromatic N) is 5. The minimum atomic E-state index is -1.21. The molecule has 1 aromatic carbocycles. The Morgan fingerprint density at radius 3 is 2.88 bits per heavy atom. The van der Waals surface area contributed by atoms with E-state index in [1.807, 2.05) is 6.07 Å². The van der Waals surface area contributed by atoms with Crippen LogP contribution in [0.3, 0.4) is 0 Å². The second kappa shape index (κ2) is 8.00. The van der Waals surface area contributed by atoms with Crippen molar-refractivity contribution in [3.05, 3.63) is 42.0 Å². The summed E-state index contributed by atoms with van der Waals surface area (Å²) in [5, 5.41) is 8.37. The van der Waals surface area contributed by atoms with E-state index in [0.717, 1.165) is 36.3 Å². The van der Waals surface area contributed by atoms with Crippen LogP contribution in [0.2, 0.25) is 0 Å². The van der Waals surface area contributed by atoms with Crippen LogP contribution in [0.5, 0.6) is 0 Å². The number of carbonyl (C=O) groups is 2. The number of primary amides is 1. The minimum absolute atomic E-state index is 0.176. The summed E-state index contributed by atoms with van der Waals surface area (Å²) in [7, 11) is 1.75. The number of rotatable bonds is 3. The maximum Gasteiger partial charge on any atom is 0.398 e. The zero-order chi connectivity index (χ0) is 23.3. The third-order valence-electron chi connectivity index (χ3n) is 6.00. The first-order chi connectivity index (χ1) is 15.8. The van der Waals surface area contributed by atoms with Gasteiger partial charge in [-0.05, 0) is 19.1 Å². The SMILES string of the molecule is C[C@@H]1CN(c2ccnc3c2CC(OC(=O)C(N)=O)N3c2cc3cn(C)nc3cc2F)CCN1. The van der Waals surface area contributed by atoms with Gasteiger partial charge in [-0.2, -0.15) is 5.10 Å². The lowest BCUT2D eigenvalue weighted by Gasteiger charge is -2.34. The predicted octanol–water partition coefficient (Wildman–Crippen LogP) is 0.954. The van der Waals surface area contributed by atoms with E-state index < -0.39 is 23.9 Å². The van der Waals surface area contributed by atoms with Crippen molar-refractivity contribution in [3.8, 4) is 0 Å². The van der Waals surface area contributed by atoms with Crippen LogP contribution in [-0.4, -0.2) is 58.5 Å². The molecule has 0 aliphatic carbocycles. The summed E-state index contributed by atoms with van der Waals surface area (Å²) >= 11 is 0. The van der Waals surface area contributed by atoms with Crippen LogP contribution in [0.1, 0.15) is 12.5 Å². The van der Waals surface area contributed by atoms with Gasteiger partial charge in [-0.25, -0.2) is 14.2 Å². The van der Waals surface area contributed by atoms with Crippen LogP contribution in [0.25, 0.3) is 10.9 Å². The Balaban J connectivity index is 1.62. The highest BCUT2D eigenvalue weighted by molar-refractivity contribution is 6.31. The molecule has 3 aromatic rings. The van der Waals surface area contributed by atoms with Crippen molar-refractivity contribution in [1.29, 1.82) is 0 Å². The zero-order valence-electron chi connectivity index (χ0n) is 18.3. The van der Waals surface area contributed by atoms with E-state index >= 15 is 4.39 Å². The molecule has 4 heterocycles. The average Bonchev–Trinajstić information content (AvgIpc) is 3.31. The topological polar surface area (TPSA) is 119 Å². The molecule has 33 heavy (non-hydrogen) atoms. The highest BCUT2D eigenvalue weighted by Crippen LogP contribution is 2.43. The number of esters is 1. The van der Waals surface area contributed by atoms with Crippen molar-refractivity contribution >= 4 is 40.0 Å². The van der Waals surface area contributed by atoms with Gasteiger partial charge in [0.1, 0.15) is 11.6 Å². The first-order valence-electron chi connectivity index (χ1n) is 10.7. The minimum Gasteiger partial charge on any atom is -0.434 e. The molecule has 1 saturated heterocycles. The van der Waals surface area contributed by atoms with Crippen molar-refractivity contribution in [2.24, 2.45) is 12.8 Å². The molecule has 10 nitrogen and oxygen atoms in total. The van der Waals surface area contributed by atoms with E-state index in [0.29, 0.717) is 17.4 Å². The van der Waals surface area contributed by atoms with Gasteiger partial charge in [-0.3, -0.25) is 14.4 Å². The lowest BCUT2D eigenvalue weighted by atomic mass is 10.1. The Labute approximate surface area is 189 Å². The zero-order valence-corrected chi connectivity index (χ0v) is 18.3. The molecule has 1 fully saturated rings. The van der Waals surface area contributed by atoms with Crippen molar-refractivity contribution in [2.45, 2.75) is 25.6 Å². The van der Waals surface area contributed by atoms with E-state index in [1.165, 1.54) is 11.0 Å². The molecule has 11 heteroatoms. The number of amides is 1. The Morgan fingerprint density at radius 2 is 2.12 bits per heavy atom. The number of pyridine rings is 1. The highest BCUT2D eigenvalue weighted by atomic mass is 19.1. The van der Waals surface area contributed by atoms with E-state index in [4.69, 9.17) is 10.5 Å². The summed E-state index contributed by atoms with van der Waals surface area (Å²) in [6.45, 7) is 4.52. The van der Waals surface area contributed by atoms with Gasteiger partial charge in [0.05, 0.1) is 11.2 Å². The van der Waals surface area contributed by atoms with Crippen LogP contribution in [0.4, 0.5) is 21.6 Å². The fourth-order valence-electron chi connectivity index (χ4n) is 4.61. The molecular weight excluding hydrogens is 429 g/mol. The number of benzene rings is 1. The van der Waals surface area contributed by atoms with Crippen molar-refractivity contribution in [2.75, 3.05) is 29.4 Å². The summed E-state index contributed by atoms with van der Waals surface area (Å²) in [4.78, 5) is 31.8. The second-order valence-corrected chi connectivity index (χ2v) is 8.40. The van der Waals surface area contributed by atoms with Gasteiger partial charge in [0.25, 0.3) is 0 Å². The molecule has 172 valence electrons. The molecule has 0 bridgehead atoms. The Hall–Kier alpha value is -3.73. The van der Waals surface area contributed by atoms with Crippen LogP contribution in [-0.2, 0) is 27.8 Å². The molecule has 2 aliphatic heterocycles. The monoisotopic (exact) mass is 453 g/mol. The number of nitrogens with one attached hydrogen (secondary N) is 1. The van der Waals surface area contributed by atoms with E-state index in [2.05, 4.69) is 27.2 Å². The maximum absolute atomic E-state index is 15.3. The van der Waals surface area contributed by atoms with Crippen molar-refractivity contribution < 1.29 is 18.7 Å². The number of carbonyl (C=O) groups excluding carboxylic acids is 2. The van der Waals surface area contributed by atoms with Gasteiger partial charge in [-0.1, -0.05) is 0 Å². The Kier molecular flexibility index (Phi) is 5.12. The maximum atomic E-state index is 15.3. The largest absolute Gasteiger partial charge is 0.434 e. The third-order valence-corrected chi connectivity index (χ3v) is 6.00. The molecule has 1 unspecified atom stereocenters. The number of halogens is 1. The molecule has 1 amide bonds. The smallest absolute Gasteiger partial charge is 0.398 e. The van der Waals surface area contributed by atoms with E-state index in [-0.39, 0.29) is 12.1 Å². The van der Waals surface area contributed by atoms with Crippen molar-refractivity contribution in [1.82, 2.24) is 20.1 Å². The van der Waals surface area contributed by atoms with Gasteiger partial charge < -0.3 is 20.7 Å². The van der Waals surface area contributed by atoms with Gasteiger partial charge in [-0.15, -0.1) is 0 Å². The van der Waals surface area contributed by atoms with Crippen LogP contribution < -0.4 is 20.9 Å². The number of aromatic nitrogens is 3. The standard InChI is InChI=1S/C22H24FN7O3/c1-12-10-29(6-5-25-12)17-3-4-26-21-14(17)8-19(33-22(32)20(24)31)30(21)18-7-13-11-28(2)27-16(13)9-15(18)23/h3-4,7,9,11-12,19,25H,5-6,8,10H2,1-2H3,(H2,24,31)/t12-,19?/m1/s1. The third kappa shape index (κ3) is 3.74. The molecule has 0 spiro atoms. The molecule has 2 atom stereocenters. The lowest BCUT2D eigenvalue weighted by molar-refractivity contribution is -0.157. The van der Waals surface area contributed by atoms with Crippen molar-refractivity contribution in [3.63, 3.8) is 0 Å². The number of hydrogen-bond acceptors (Lipinski definition) is 8. The van der Waals surface area contributed by atoms with Gasteiger partial charge in [0.2, 0.25) is 0 Å². The van der Waals surface area contributed by atoms with Crippen LogP contribution in [0, 0.1) is 5.82 Å². The van der Waals surface area contributed by atoms with Crippen LogP contribution >= 0.6 is 0 Å². The molecule has 0 radical (unpaired) electrons. The summed E-state index contributed by atoms with van der Waals surface area (Å²) < 4.78 is 22.3. The van der Waals surface area contributed by atoms with Gasteiger partial charge >= 0.3 is 11.9 Å². The van der Waals surface area contributed by atoms with E-state index in [9.17, 15) is 9.59 Å². The summed E-state index contributed by atoms with van der Waals surface area (Å²) in [5.74, 6) is -2.46. The molecule has 3 N–H and O–H groups in total. The highest BCUT2D eigenvalue weighted by Gasteiger charge is 2.39. The summed E-state index contributed by atoms with van der Waals surface area (Å²) in [6.07, 6.45) is 2.69. The normalized spacial score (nSPS) is 20.2.